The van der Waals surface area contributed by atoms with Crippen molar-refractivity contribution in [2.45, 2.75) is 143 Å². The number of benzene rings is 2. The SMILES string of the molecule is CC(C)[C@H](NC(=O)[C@H](CC(=O)OC(C)(C)C)NC(=O)[C@H](Cc1ccc(F)cc1)NC(=O)[C@@H](C)NC(=O)[C@H](Cc1ccc(O)cc1)NC(=O)OC(C)(C)C)C(=O)N[C@H](C(=O)NCC(N)=O)C(C)C. The number of carbonyl (C=O) groups excluding carboxylic acids is 9. The summed E-state index contributed by atoms with van der Waals surface area (Å²) in [5.41, 5.74) is 4.11. The van der Waals surface area contributed by atoms with E-state index in [9.17, 15) is 52.6 Å². The first-order valence-electron chi connectivity index (χ1n) is 21.8. The third kappa shape index (κ3) is 20.9. The Morgan fingerprint density at radius 1 is 0.567 bits per heavy atom. The molecule has 0 aliphatic rings. The highest BCUT2D eigenvalue weighted by molar-refractivity contribution is 5.98. The quantitative estimate of drug-likeness (QED) is 0.0755. The van der Waals surface area contributed by atoms with Crippen LogP contribution in [0.1, 0.15) is 93.7 Å². The van der Waals surface area contributed by atoms with Gasteiger partial charge < -0.3 is 57.5 Å². The predicted octanol–water partition coefficient (Wildman–Crippen LogP) is 1.30. The maximum Gasteiger partial charge on any atom is 0.408 e. The van der Waals surface area contributed by atoms with Crippen LogP contribution in [0.4, 0.5) is 9.18 Å². The van der Waals surface area contributed by atoms with Gasteiger partial charge in [-0.25, -0.2) is 9.18 Å². The summed E-state index contributed by atoms with van der Waals surface area (Å²) < 4.78 is 24.7. The number of primary amides is 1. The molecule has 0 fully saturated rings. The van der Waals surface area contributed by atoms with Gasteiger partial charge >= 0.3 is 12.1 Å². The van der Waals surface area contributed by atoms with E-state index in [0.29, 0.717) is 11.1 Å². The van der Waals surface area contributed by atoms with Gasteiger partial charge in [-0.3, -0.25) is 38.4 Å². The number of halogens is 1. The summed E-state index contributed by atoms with van der Waals surface area (Å²) in [6.45, 7) is 16.9. The second kappa shape index (κ2) is 25.2. The highest BCUT2D eigenvalue weighted by Gasteiger charge is 2.36. The number of ether oxygens (including phenoxy) is 2. The monoisotopic (exact) mass is 942 g/mol. The number of esters is 1. The van der Waals surface area contributed by atoms with Gasteiger partial charge in [0.15, 0.2) is 0 Å². The number of rotatable bonds is 22. The summed E-state index contributed by atoms with van der Waals surface area (Å²) >= 11 is 0. The molecule has 0 bridgehead atoms. The molecule has 2 rings (SSSR count). The largest absolute Gasteiger partial charge is 0.508 e. The number of alkyl carbamates (subject to hydrolysis) is 1. The number of hydrogen-bond acceptors (Lipinski definition) is 12. The molecular weight excluding hydrogens is 876 g/mol. The average Bonchev–Trinajstić information content (AvgIpc) is 3.19. The Morgan fingerprint density at radius 2 is 1.00 bits per heavy atom. The molecule has 2 aromatic carbocycles. The molecule has 370 valence electrons. The van der Waals surface area contributed by atoms with Crippen LogP contribution in [0.2, 0.25) is 0 Å². The van der Waals surface area contributed by atoms with Crippen LogP contribution in [0.25, 0.3) is 0 Å². The van der Waals surface area contributed by atoms with Crippen molar-refractivity contribution >= 4 is 53.4 Å². The molecule has 0 aromatic heterocycles. The van der Waals surface area contributed by atoms with Crippen molar-refractivity contribution in [3.8, 4) is 5.75 Å². The maximum absolute atomic E-state index is 14.3. The van der Waals surface area contributed by atoms with Crippen molar-refractivity contribution in [2.75, 3.05) is 6.54 Å². The van der Waals surface area contributed by atoms with Gasteiger partial charge in [0.05, 0.1) is 13.0 Å². The molecule has 0 saturated carbocycles. The summed E-state index contributed by atoms with van der Waals surface area (Å²) in [6, 6.07) is 2.43. The highest BCUT2D eigenvalue weighted by Crippen LogP contribution is 2.15. The van der Waals surface area contributed by atoms with E-state index in [1.807, 2.05) is 0 Å². The minimum atomic E-state index is -1.72. The van der Waals surface area contributed by atoms with Gasteiger partial charge in [-0.2, -0.15) is 0 Å². The molecule has 0 radical (unpaired) electrons. The second-order valence-corrected chi connectivity index (χ2v) is 18.7. The van der Waals surface area contributed by atoms with Crippen LogP contribution in [0, 0.1) is 17.7 Å². The number of nitrogens with one attached hydrogen (secondary N) is 7. The van der Waals surface area contributed by atoms with E-state index in [-0.39, 0.29) is 18.6 Å². The van der Waals surface area contributed by atoms with Gasteiger partial charge in [-0.1, -0.05) is 52.0 Å². The molecule has 0 spiro atoms. The van der Waals surface area contributed by atoms with Crippen LogP contribution in [0.3, 0.4) is 0 Å². The van der Waals surface area contributed by atoms with Crippen molar-refractivity contribution in [3.05, 3.63) is 65.5 Å². The molecule has 0 saturated heterocycles. The van der Waals surface area contributed by atoms with Crippen LogP contribution >= 0.6 is 0 Å². The number of phenolic OH excluding ortho intramolecular Hbond substituents is 1. The molecule has 0 aliphatic heterocycles. The Bertz CT molecular complexity index is 2070. The van der Waals surface area contributed by atoms with Crippen molar-refractivity contribution in [1.82, 2.24) is 37.2 Å². The first-order chi connectivity index (χ1) is 30.9. The molecular formula is C46H67FN8O12. The van der Waals surface area contributed by atoms with Crippen LogP contribution in [0.15, 0.2) is 48.5 Å². The normalized spacial score (nSPS) is 14.2. The van der Waals surface area contributed by atoms with Gasteiger partial charge in [0.1, 0.15) is 59.0 Å². The number of nitrogens with two attached hydrogens (primary N) is 1. The predicted molar refractivity (Wildman–Crippen MR) is 243 cm³/mol. The Kier molecular flexibility index (Phi) is 21.2. The third-order valence-corrected chi connectivity index (χ3v) is 9.48. The molecule has 0 aliphatic carbocycles. The third-order valence-electron chi connectivity index (χ3n) is 9.48. The van der Waals surface area contributed by atoms with Gasteiger partial charge in [0.2, 0.25) is 41.4 Å². The fraction of sp³-hybridized carbons (Fsp3) is 0.543. The fourth-order valence-corrected chi connectivity index (χ4v) is 6.15. The summed E-state index contributed by atoms with van der Waals surface area (Å²) in [4.78, 5) is 120. The van der Waals surface area contributed by atoms with Crippen molar-refractivity contribution in [2.24, 2.45) is 17.6 Å². The van der Waals surface area contributed by atoms with Crippen molar-refractivity contribution in [3.63, 3.8) is 0 Å². The van der Waals surface area contributed by atoms with E-state index < -0.39 is 131 Å². The molecule has 0 heterocycles. The zero-order valence-electron chi connectivity index (χ0n) is 40.0. The van der Waals surface area contributed by atoms with Crippen LogP contribution in [0.5, 0.6) is 5.75 Å². The maximum atomic E-state index is 14.3. The Balaban J connectivity index is 2.46. The van der Waals surface area contributed by atoms with Gasteiger partial charge in [-0.05, 0) is 95.7 Å². The lowest BCUT2D eigenvalue weighted by molar-refractivity contribution is -0.156. The summed E-state index contributed by atoms with van der Waals surface area (Å²) in [6.07, 6.45) is -2.04. The number of amides is 8. The van der Waals surface area contributed by atoms with E-state index in [1.165, 1.54) is 43.3 Å². The average molecular weight is 943 g/mol. The Morgan fingerprint density at radius 3 is 1.49 bits per heavy atom. The minimum Gasteiger partial charge on any atom is -0.508 e. The van der Waals surface area contributed by atoms with Crippen molar-refractivity contribution < 1.29 is 62.1 Å². The zero-order chi connectivity index (χ0) is 51.0. The number of carbonyl (C=O) groups is 9. The van der Waals surface area contributed by atoms with E-state index in [2.05, 4.69) is 37.2 Å². The molecule has 8 amide bonds. The number of hydrogen-bond donors (Lipinski definition) is 9. The first kappa shape index (κ1) is 56.3. The van der Waals surface area contributed by atoms with E-state index >= 15 is 0 Å². The van der Waals surface area contributed by atoms with E-state index in [0.717, 1.165) is 12.1 Å². The lowest BCUT2D eigenvalue weighted by Gasteiger charge is -2.29. The molecule has 21 heteroatoms. The lowest BCUT2D eigenvalue weighted by atomic mass is 9.99. The summed E-state index contributed by atoms with van der Waals surface area (Å²) in [5.74, 6) is -8.70. The van der Waals surface area contributed by atoms with Gasteiger partial charge in [-0.15, -0.1) is 0 Å². The number of aromatic hydroxyl groups is 1. The zero-order valence-corrected chi connectivity index (χ0v) is 40.0. The second-order valence-electron chi connectivity index (χ2n) is 18.7. The van der Waals surface area contributed by atoms with Crippen molar-refractivity contribution in [1.29, 1.82) is 0 Å². The standard InChI is InChI=1S/C46H67FN8O12/c1-24(2)36(42(63)49-23-34(48)57)55-43(64)37(25(3)4)54-41(62)33(22-35(58)66-45(6,7)8)52-40(61)31(20-27-12-16-29(47)17-13-27)51-38(59)26(5)50-39(60)32(53-44(65)67-46(9,10)11)21-28-14-18-30(56)19-15-28/h12-19,24-26,31-33,36-37,56H,20-23H2,1-11H3,(H2,48,57)(H,49,63)(H,50,60)(H,51,59)(H,52,61)(H,53,65)(H,54,62)(H,55,64)/t26-,31+,32+,33+,36+,37+/m1/s1. The van der Waals surface area contributed by atoms with E-state index in [1.54, 1.807) is 69.2 Å². The van der Waals surface area contributed by atoms with Crippen LogP contribution in [-0.2, 0) is 60.7 Å². The topological polar surface area (TPSA) is 303 Å². The highest BCUT2D eigenvalue weighted by atomic mass is 19.1. The molecule has 2 aromatic rings. The molecule has 20 nitrogen and oxygen atoms in total. The summed E-state index contributed by atoms with van der Waals surface area (Å²) in [5, 5.41) is 27.3. The molecule has 6 atom stereocenters. The Hall–Kier alpha value is -6.80. The van der Waals surface area contributed by atoms with Crippen LogP contribution in [-0.4, -0.2) is 113 Å². The lowest BCUT2D eigenvalue weighted by Crippen LogP contribution is -2.61. The summed E-state index contributed by atoms with van der Waals surface area (Å²) in [7, 11) is 0. The molecule has 0 unspecified atom stereocenters. The number of phenols is 1. The fourth-order valence-electron chi connectivity index (χ4n) is 6.15. The smallest absolute Gasteiger partial charge is 0.408 e. The van der Waals surface area contributed by atoms with E-state index in [4.69, 9.17) is 15.2 Å². The minimum absolute atomic E-state index is 0.0312. The first-order valence-corrected chi connectivity index (χ1v) is 21.8. The van der Waals surface area contributed by atoms with Gasteiger partial charge in [0.25, 0.3) is 0 Å². The molecule has 10 N–H and O–H groups in total. The Labute approximate surface area is 390 Å². The van der Waals surface area contributed by atoms with Crippen LogP contribution < -0.4 is 43.0 Å². The molecule has 67 heavy (non-hydrogen) atoms. The van der Waals surface area contributed by atoms with Gasteiger partial charge in [0, 0.05) is 12.8 Å².